The van der Waals surface area contributed by atoms with Crippen LogP contribution in [0.15, 0.2) is 12.1 Å². The van der Waals surface area contributed by atoms with Crippen molar-refractivity contribution in [2.45, 2.75) is 32.8 Å². The van der Waals surface area contributed by atoms with Crippen LogP contribution >= 0.6 is 0 Å². The topological polar surface area (TPSA) is 50.7 Å². The molecule has 4 heteroatoms. The Bertz CT molecular complexity index is 430. The smallest absolute Gasteiger partial charge is 0.122 e. The fraction of sp³-hybridized carbons (Fsp3) is 0.625. The van der Waals surface area contributed by atoms with E-state index < -0.39 is 5.60 Å². The van der Waals surface area contributed by atoms with Crippen molar-refractivity contribution in [1.82, 2.24) is 5.32 Å². The largest absolute Gasteiger partial charge is 0.496 e. The van der Waals surface area contributed by atoms with Crippen LogP contribution < -0.4 is 10.1 Å². The van der Waals surface area contributed by atoms with Crippen molar-refractivity contribution in [3.05, 3.63) is 28.8 Å². The molecule has 0 aromatic heterocycles. The van der Waals surface area contributed by atoms with E-state index in [1.54, 1.807) is 14.2 Å². The molecule has 1 atom stereocenters. The van der Waals surface area contributed by atoms with Crippen LogP contribution in [0, 0.1) is 13.8 Å². The highest BCUT2D eigenvalue weighted by atomic mass is 16.5. The number of rotatable bonds is 8. The van der Waals surface area contributed by atoms with Crippen LogP contribution in [0.3, 0.4) is 0 Å². The van der Waals surface area contributed by atoms with E-state index in [-0.39, 0.29) is 0 Å². The zero-order chi connectivity index (χ0) is 15.2. The van der Waals surface area contributed by atoms with E-state index in [0.29, 0.717) is 13.0 Å². The maximum atomic E-state index is 10.7. The number of aliphatic hydroxyl groups is 1. The molecule has 4 nitrogen and oxygen atoms in total. The molecule has 0 aliphatic carbocycles. The molecule has 0 aliphatic rings. The molecule has 1 unspecified atom stereocenters. The second-order valence-corrected chi connectivity index (χ2v) is 5.40. The normalized spacial score (nSPS) is 14.1. The molecule has 114 valence electrons. The Morgan fingerprint density at radius 1 is 1.15 bits per heavy atom. The highest BCUT2D eigenvalue weighted by molar-refractivity contribution is 5.43. The lowest BCUT2D eigenvalue weighted by molar-refractivity contribution is 0.0468. The lowest BCUT2D eigenvalue weighted by atomic mass is 9.87. The van der Waals surface area contributed by atoms with Crippen molar-refractivity contribution in [1.29, 1.82) is 0 Å². The van der Waals surface area contributed by atoms with Crippen molar-refractivity contribution >= 4 is 0 Å². The molecule has 1 aromatic carbocycles. The molecular formula is C16H27NO3. The summed E-state index contributed by atoms with van der Waals surface area (Å²) in [4.78, 5) is 0. The molecule has 0 amide bonds. The van der Waals surface area contributed by atoms with Gasteiger partial charge in [0, 0.05) is 13.7 Å². The second-order valence-electron chi connectivity index (χ2n) is 5.40. The van der Waals surface area contributed by atoms with Gasteiger partial charge in [-0.3, -0.25) is 0 Å². The number of hydrogen-bond donors (Lipinski definition) is 2. The average molecular weight is 281 g/mol. The molecule has 2 N–H and O–H groups in total. The molecule has 0 saturated heterocycles. The van der Waals surface area contributed by atoms with Gasteiger partial charge in [-0.2, -0.15) is 0 Å². The van der Waals surface area contributed by atoms with E-state index in [1.807, 2.05) is 32.9 Å². The summed E-state index contributed by atoms with van der Waals surface area (Å²) in [7, 11) is 3.35. The van der Waals surface area contributed by atoms with Gasteiger partial charge in [-0.15, -0.1) is 0 Å². The lowest BCUT2D eigenvalue weighted by Gasteiger charge is -2.27. The molecule has 1 rings (SSSR count). The first-order valence-corrected chi connectivity index (χ1v) is 7.00. The number of ether oxygens (including phenoxy) is 2. The van der Waals surface area contributed by atoms with Crippen molar-refractivity contribution < 1.29 is 14.6 Å². The van der Waals surface area contributed by atoms with Gasteiger partial charge in [0.1, 0.15) is 5.75 Å². The van der Waals surface area contributed by atoms with Crippen molar-refractivity contribution in [3.8, 4) is 5.75 Å². The summed E-state index contributed by atoms with van der Waals surface area (Å²) in [6.45, 7) is 8.09. The van der Waals surface area contributed by atoms with Gasteiger partial charge in [0.2, 0.25) is 0 Å². The standard InChI is InChI=1S/C16H27NO3/c1-12-11-15(20-5)13(2)10-14(12)16(3,18)6-7-17-8-9-19-4/h10-11,17-18H,6-9H2,1-5H3. The summed E-state index contributed by atoms with van der Waals surface area (Å²) >= 11 is 0. The van der Waals surface area contributed by atoms with Gasteiger partial charge in [-0.05, 0) is 62.6 Å². The van der Waals surface area contributed by atoms with Crippen LogP contribution in [0.25, 0.3) is 0 Å². The van der Waals surface area contributed by atoms with Gasteiger partial charge in [0.25, 0.3) is 0 Å². The molecule has 20 heavy (non-hydrogen) atoms. The molecule has 0 radical (unpaired) electrons. The fourth-order valence-electron chi connectivity index (χ4n) is 2.36. The average Bonchev–Trinajstić information content (AvgIpc) is 2.40. The summed E-state index contributed by atoms with van der Waals surface area (Å²) in [5, 5.41) is 14.0. The molecule has 0 aliphatic heterocycles. The lowest BCUT2D eigenvalue weighted by Crippen LogP contribution is -2.30. The summed E-state index contributed by atoms with van der Waals surface area (Å²) in [5.41, 5.74) is 2.21. The van der Waals surface area contributed by atoms with E-state index in [4.69, 9.17) is 9.47 Å². The fourth-order valence-corrected chi connectivity index (χ4v) is 2.36. The summed E-state index contributed by atoms with van der Waals surface area (Å²) < 4.78 is 10.3. The van der Waals surface area contributed by atoms with Gasteiger partial charge in [-0.25, -0.2) is 0 Å². The maximum Gasteiger partial charge on any atom is 0.122 e. The summed E-state index contributed by atoms with van der Waals surface area (Å²) in [5.74, 6) is 0.861. The third-order valence-electron chi connectivity index (χ3n) is 3.59. The first kappa shape index (κ1) is 17.0. The zero-order valence-corrected chi connectivity index (χ0v) is 13.2. The molecular weight excluding hydrogens is 254 g/mol. The van der Waals surface area contributed by atoms with Gasteiger partial charge in [-0.1, -0.05) is 0 Å². The molecule has 1 aromatic rings. The first-order chi connectivity index (χ1) is 9.42. The van der Waals surface area contributed by atoms with E-state index in [9.17, 15) is 5.11 Å². The Hall–Kier alpha value is -1.10. The van der Waals surface area contributed by atoms with Crippen LogP contribution in [0.5, 0.6) is 5.75 Å². The minimum Gasteiger partial charge on any atom is -0.496 e. The van der Waals surface area contributed by atoms with Crippen LogP contribution in [-0.4, -0.2) is 39.0 Å². The highest BCUT2D eigenvalue weighted by Crippen LogP contribution is 2.31. The van der Waals surface area contributed by atoms with Gasteiger partial charge in [0.15, 0.2) is 0 Å². The minimum absolute atomic E-state index is 0.656. The number of aryl methyl sites for hydroxylation is 2. The maximum absolute atomic E-state index is 10.7. The van der Waals surface area contributed by atoms with E-state index in [0.717, 1.165) is 35.5 Å². The van der Waals surface area contributed by atoms with Crippen molar-refractivity contribution in [3.63, 3.8) is 0 Å². The quantitative estimate of drug-likeness (QED) is 0.717. The molecule has 0 bridgehead atoms. The third-order valence-corrected chi connectivity index (χ3v) is 3.59. The number of nitrogens with one attached hydrogen (secondary N) is 1. The minimum atomic E-state index is -0.846. The van der Waals surface area contributed by atoms with E-state index in [2.05, 4.69) is 5.32 Å². The molecule has 0 fully saturated rings. The van der Waals surface area contributed by atoms with Gasteiger partial charge in [0.05, 0.1) is 19.3 Å². The zero-order valence-electron chi connectivity index (χ0n) is 13.2. The Kier molecular flexibility index (Phi) is 6.46. The molecule has 0 heterocycles. The first-order valence-electron chi connectivity index (χ1n) is 7.00. The van der Waals surface area contributed by atoms with Crippen LogP contribution in [-0.2, 0) is 10.3 Å². The molecule has 0 saturated carbocycles. The van der Waals surface area contributed by atoms with E-state index in [1.165, 1.54) is 0 Å². The highest BCUT2D eigenvalue weighted by Gasteiger charge is 2.25. The van der Waals surface area contributed by atoms with Gasteiger partial charge >= 0.3 is 0 Å². The summed E-state index contributed by atoms with van der Waals surface area (Å²) in [6, 6.07) is 4.00. The van der Waals surface area contributed by atoms with Crippen molar-refractivity contribution in [2.24, 2.45) is 0 Å². The Labute approximate surface area is 122 Å². The Morgan fingerprint density at radius 2 is 1.85 bits per heavy atom. The van der Waals surface area contributed by atoms with Crippen LogP contribution in [0.4, 0.5) is 0 Å². The van der Waals surface area contributed by atoms with E-state index >= 15 is 0 Å². The predicted octanol–water partition coefficient (Wildman–Crippen LogP) is 2.15. The van der Waals surface area contributed by atoms with Gasteiger partial charge < -0.3 is 19.9 Å². The number of methoxy groups -OCH3 is 2. The monoisotopic (exact) mass is 281 g/mol. The SMILES string of the molecule is COCCNCCC(C)(O)c1cc(C)c(OC)cc1C. The van der Waals surface area contributed by atoms with Crippen LogP contribution in [0.1, 0.15) is 30.0 Å². The third kappa shape index (κ3) is 4.47. The second kappa shape index (κ2) is 7.62. The van der Waals surface area contributed by atoms with Crippen LogP contribution in [0.2, 0.25) is 0 Å². The Morgan fingerprint density at radius 3 is 2.45 bits per heavy atom. The number of benzene rings is 1. The molecule has 0 spiro atoms. The Balaban J connectivity index is 2.74. The predicted molar refractivity (Wildman–Crippen MR) is 81.4 cm³/mol. The number of hydrogen-bond acceptors (Lipinski definition) is 4. The summed E-state index contributed by atoms with van der Waals surface area (Å²) in [6.07, 6.45) is 0.656. The van der Waals surface area contributed by atoms with Crippen molar-refractivity contribution in [2.75, 3.05) is 33.9 Å².